The lowest BCUT2D eigenvalue weighted by atomic mass is 9.90. The van der Waals surface area contributed by atoms with Gasteiger partial charge in [0.05, 0.1) is 19.2 Å². The molecule has 1 saturated heterocycles. The zero-order valence-electron chi connectivity index (χ0n) is 16.9. The number of amides is 1. The van der Waals surface area contributed by atoms with Gasteiger partial charge in [0.2, 0.25) is 5.91 Å². The topological polar surface area (TPSA) is 77.4 Å². The largest absolute Gasteiger partial charge is 0.493 e. The van der Waals surface area contributed by atoms with Crippen molar-refractivity contribution in [1.29, 1.82) is 0 Å². The number of rotatable bonds is 6. The summed E-state index contributed by atoms with van der Waals surface area (Å²) in [7, 11) is 3.49. The fourth-order valence-corrected chi connectivity index (χ4v) is 3.61. The molecule has 0 bridgehead atoms. The fourth-order valence-electron chi connectivity index (χ4n) is 3.61. The van der Waals surface area contributed by atoms with Gasteiger partial charge < -0.3 is 20.1 Å². The summed E-state index contributed by atoms with van der Waals surface area (Å²) >= 11 is 0. The number of nitrogens with zero attached hydrogens (tertiary/aromatic N) is 2. The summed E-state index contributed by atoms with van der Waals surface area (Å²) in [6.07, 6.45) is 3.81. The predicted molar refractivity (Wildman–Crippen MR) is 118 cm³/mol. The van der Waals surface area contributed by atoms with Gasteiger partial charge in [-0.3, -0.25) is 9.48 Å². The predicted octanol–water partition coefficient (Wildman–Crippen LogP) is 3.58. The van der Waals surface area contributed by atoms with Gasteiger partial charge in [-0.15, -0.1) is 12.4 Å². The van der Waals surface area contributed by atoms with Crippen molar-refractivity contribution in [3.8, 4) is 17.2 Å². The van der Waals surface area contributed by atoms with Crippen molar-refractivity contribution in [3.63, 3.8) is 0 Å². The van der Waals surface area contributed by atoms with E-state index in [0.29, 0.717) is 23.8 Å². The van der Waals surface area contributed by atoms with Crippen molar-refractivity contribution in [2.45, 2.75) is 5.92 Å². The number of para-hydroxylation sites is 2. The number of benzene rings is 2. The van der Waals surface area contributed by atoms with E-state index in [4.69, 9.17) is 9.47 Å². The third-order valence-electron chi connectivity index (χ3n) is 5.12. The first kappa shape index (κ1) is 21.7. The molecule has 1 fully saturated rings. The molecule has 1 aliphatic rings. The van der Waals surface area contributed by atoms with Gasteiger partial charge in [0.25, 0.3) is 0 Å². The molecule has 1 amide bonds. The van der Waals surface area contributed by atoms with Crippen LogP contribution in [-0.2, 0) is 11.8 Å². The van der Waals surface area contributed by atoms with Crippen LogP contribution in [0.5, 0.6) is 17.2 Å². The number of carbonyl (C=O) groups is 1. The highest BCUT2D eigenvalue weighted by Crippen LogP contribution is 2.32. The van der Waals surface area contributed by atoms with E-state index in [1.165, 1.54) is 0 Å². The van der Waals surface area contributed by atoms with Gasteiger partial charge in [0.1, 0.15) is 5.75 Å². The minimum atomic E-state index is -0.135. The molecule has 4 rings (SSSR count). The smallest absolute Gasteiger partial charge is 0.229 e. The molecule has 3 aromatic rings. The maximum Gasteiger partial charge on any atom is 0.229 e. The normalized spacial score (nSPS) is 17.8. The first-order valence-corrected chi connectivity index (χ1v) is 9.55. The Morgan fingerprint density at radius 3 is 2.53 bits per heavy atom. The monoisotopic (exact) mass is 428 g/mol. The number of ether oxygens (including phenoxy) is 2. The Balaban J connectivity index is 0.00000256. The van der Waals surface area contributed by atoms with Crippen molar-refractivity contribution in [2.75, 3.05) is 25.5 Å². The second-order valence-electron chi connectivity index (χ2n) is 7.09. The molecule has 8 heteroatoms. The van der Waals surface area contributed by atoms with Gasteiger partial charge in [0.15, 0.2) is 11.5 Å². The third kappa shape index (κ3) is 4.75. The van der Waals surface area contributed by atoms with Crippen LogP contribution in [0.15, 0.2) is 60.9 Å². The van der Waals surface area contributed by atoms with Gasteiger partial charge >= 0.3 is 0 Å². The summed E-state index contributed by atoms with van der Waals surface area (Å²) in [6.45, 7) is 1.43. The van der Waals surface area contributed by atoms with E-state index in [1.54, 1.807) is 11.8 Å². The van der Waals surface area contributed by atoms with E-state index in [-0.39, 0.29) is 30.2 Å². The molecule has 2 atom stereocenters. The second kappa shape index (κ2) is 9.65. The number of hydrogen-bond donors (Lipinski definition) is 2. The summed E-state index contributed by atoms with van der Waals surface area (Å²) < 4.78 is 13.0. The molecular formula is C22H25ClN4O3. The van der Waals surface area contributed by atoms with Crippen molar-refractivity contribution in [2.24, 2.45) is 13.0 Å². The van der Waals surface area contributed by atoms with Crippen LogP contribution in [0, 0.1) is 5.92 Å². The van der Waals surface area contributed by atoms with Crippen LogP contribution in [0.2, 0.25) is 0 Å². The summed E-state index contributed by atoms with van der Waals surface area (Å²) in [6, 6.07) is 14.8. The van der Waals surface area contributed by atoms with E-state index in [1.807, 2.05) is 68.0 Å². The minimum Gasteiger partial charge on any atom is -0.493 e. The first-order chi connectivity index (χ1) is 14.1. The molecule has 0 radical (unpaired) electrons. The Bertz CT molecular complexity index is 990. The highest BCUT2D eigenvalue weighted by molar-refractivity contribution is 5.93. The average Bonchev–Trinajstić information content (AvgIpc) is 3.39. The molecule has 0 saturated carbocycles. The van der Waals surface area contributed by atoms with Gasteiger partial charge in [-0.05, 0) is 42.0 Å². The van der Waals surface area contributed by atoms with Crippen LogP contribution < -0.4 is 20.1 Å². The van der Waals surface area contributed by atoms with Crippen molar-refractivity contribution in [1.82, 2.24) is 15.1 Å². The van der Waals surface area contributed by atoms with Crippen LogP contribution in [0.4, 0.5) is 5.69 Å². The number of carbonyl (C=O) groups excluding carboxylic acids is 1. The van der Waals surface area contributed by atoms with Crippen LogP contribution >= 0.6 is 12.4 Å². The number of hydrogen-bond acceptors (Lipinski definition) is 5. The maximum atomic E-state index is 12.8. The minimum absolute atomic E-state index is 0. The van der Waals surface area contributed by atoms with Crippen LogP contribution in [-0.4, -0.2) is 35.9 Å². The molecule has 7 nitrogen and oxygen atoms in total. The summed E-state index contributed by atoms with van der Waals surface area (Å²) in [5, 5.41) is 10.6. The third-order valence-corrected chi connectivity index (χ3v) is 5.12. The number of anilines is 1. The van der Waals surface area contributed by atoms with Gasteiger partial charge in [-0.2, -0.15) is 5.10 Å². The molecule has 2 aromatic carbocycles. The molecule has 30 heavy (non-hydrogen) atoms. The van der Waals surface area contributed by atoms with E-state index in [9.17, 15) is 4.79 Å². The van der Waals surface area contributed by atoms with Gasteiger partial charge in [0, 0.05) is 37.9 Å². The number of halogens is 1. The zero-order valence-corrected chi connectivity index (χ0v) is 17.7. The number of aromatic nitrogens is 2. The molecule has 158 valence electrons. The van der Waals surface area contributed by atoms with Crippen LogP contribution in [0.25, 0.3) is 0 Å². The first-order valence-electron chi connectivity index (χ1n) is 9.55. The summed E-state index contributed by atoms with van der Waals surface area (Å²) in [5.74, 6) is 1.97. The molecular weight excluding hydrogens is 404 g/mol. The lowest BCUT2D eigenvalue weighted by Crippen LogP contribution is -2.28. The Kier molecular flexibility index (Phi) is 6.97. The lowest BCUT2D eigenvalue weighted by Gasteiger charge is -2.17. The van der Waals surface area contributed by atoms with E-state index >= 15 is 0 Å². The molecule has 2 heterocycles. The van der Waals surface area contributed by atoms with Crippen LogP contribution in [0.3, 0.4) is 0 Å². The van der Waals surface area contributed by atoms with Crippen LogP contribution in [0.1, 0.15) is 11.5 Å². The SMILES string of the molecule is COc1ccccc1Oc1ccc(NC(=O)[C@H]2CNC[C@@H]2c2cnn(C)c2)cc1.Cl. The highest BCUT2D eigenvalue weighted by Gasteiger charge is 2.34. The lowest BCUT2D eigenvalue weighted by molar-refractivity contribution is -0.119. The van der Waals surface area contributed by atoms with Crippen molar-refractivity contribution >= 4 is 24.0 Å². The highest BCUT2D eigenvalue weighted by atomic mass is 35.5. The fraction of sp³-hybridized carbons (Fsp3) is 0.273. The van der Waals surface area contributed by atoms with Gasteiger partial charge in [-0.25, -0.2) is 0 Å². The number of aryl methyl sites for hydroxylation is 1. The molecule has 1 aromatic heterocycles. The van der Waals surface area contributed by atoms with Gasteiger partial charge in [-0.1, -0.05) is 12.1 Å². The number of methoxy groups -OCH3 is 1. The van der Waals surface area contributed by atoms with E-state index in [2.05, 4.69) is 15.7 Å². The number of nitrogens with one attached hydrogen (secondary N) is 2. The Labute approximate surface area is 181 Å². The Morgan fingerprint density at radius 2 is 1.87 bits per heavy atom. The summed E-state index contributed by atoms with van der Waals surface area (Å²) in [4.78, 5) is 12.8. The van der Waals surface area contributed by atoms with Crippen molar-refractivity contribution in [3.05, 3.63) is 66.5 Å². The Morgan fingerprint density at radius 1 is 1.13 bits per heavy atom. The summed E-state index contributed by atoms with van der Waals surface area (Å²) in [5.41, 5.74) is 1.82. The van der Waals surface area contributed by atoms with Crippen molar-refractivity contribution < 1.29 is 14.3 Å². The Hall–Kier alpha value is -3.03. The average molecular weight is 429 g/mol. The molecule has 1 aliphatic heterocycles. The van der Waals surface area contributed by atoms with E-state index in [0.717, 1.165) is 17.8 Å². The quantitative estimate of drug-likeness (QED) is 0.627. The molecule has 2 N–H and O–H groups in total. The second-order valence-corrected chi connectivity index (χ2v) is 7.09. The zero-order chi connectivity index (χ0) is 20.2. The standard InChI is InChI=1S/C22H24N4O3.ClH/c1-26-14-15(11-24-26)18-12-23-13-19(18)22(27)25-16-7-9-17(10-8-16)29-21-6-4-3-5-20(21)28-2;/h3-11,14,18-19,23H,12-13H2,1-2H3,(H,25,27);1H/t18-,19+;/m1./s1. The maximum absolute atomic E-state index is 12.8. The molecule has 0 spiro atoms. The molecule has 0 aliphatic carbocycles. The van der Waals surface area contributed by atoms with E-state index < -0.39 is 0 Å². The molecule has 0 unspecified atom stereocenters.